The Balaban J connectivity index is 0.000000167. The molecule has 23 nitrogen and oxygen atoms in total. The van der Waals surface area contributed by atoms with Gasteiger partial charge in [0.1, 0.15) is 34.9 Å². The number of benzene rings is 7. The SMILES string of the molecule is COC(=O)C1(c2ccccc2)CC=C(C)CC1.COC(=O)C1(c2ccccc2)CC=C(c2cncc(F)c2)CC1.COC(=O)C1(c2ccccc2)CCC(=O)CC1.O=C(NO)C1(c2ccccc2)CC=C(c2cncc(F)c2)CC1.O=C(NO)C1(c2ccccc2)CCC(c2cncc(F)c2)CC1.O=C(NO)C1(c2ccccc2)CCC(c2cncc(F)c2)CC1.O=C(O)C1(c2ccccc2)CC=C(c2cncc(F)c2)CC1.[2HH].[2H][2H]. The van der Waals surface area contributed by atoms with Crippen LogP contribution in [0.1, 0.15) is 244 Å². The lowest BCUT2D eigenvalue weighted by atomic mass is 9.65. The van der Waals surface area contributed by atoms with Crippen molar-refractivity contribution in [3.05, 3.63) is 430 Å². The summed E-state index contributed by atoms with van der Waals surface area (Å²) in [6.45, 7) is 2.12. The van der Waals surface area contributed by atoms with E-state index in [2.05, 4.69) is 37.9 Å². The monoisotopic (exact) mass is 2020 g/mol. The fraction of sp³-hybridized carbons (Fsp3) is 0.308. The molecule has 7 aromatic carbocycles. The lowest BCUT2D eigenvalue weighted by Gasteiger charge is -2.38. The topological polar surface area (TPSA) is 346 Å². The van der Waals surface area contributed by atoms with E-state index in [4.69, 9.17) is 22.4 Å². The molecule has 0 aliphatic heterocycles. The molecular weight excluding hydrogens is 1890 g/mol. The molecule has 7 aliphatic rings. The van der Waals surface area contributed by atoms with Gasteiger partial charge in [-0.25, -0.2) is 38.4 Å². The Labute approximate surface area is 862 Å². The van der Waals surface area contributed by atoms with Gasteiger partial charge < -0.3 is 19.3 Å². The summed E-state index contributed by atoms with van der Waals surface area (Å²) in [6, 6.07) is 74.4. The zero-order chi connectivity index (χ0) is 107. The van der Waals surface area contributed by atoms with Crippen LogP contribution >= 0.6 is 0 Å². The van der Waals surface area contributed by atoms with E-state index >= 15 is 0 Å². The highest BCUT2D eigenvalue weighted by molar-refractivity contribution is 5.92. The average molecular weight is 2020 g/mol. The second-order valence-corrected chi connectivity index (χ2v) is 38.4. The zero-order valence-electron chi connectivity index (χ0n) is 85.2. The lowest BCUT2D eigenvalue weighted by molar-refractivity contribution is -0.150. The number of aromatic nitrogens is 5. The van der Waals surface area contributed by atoms with E-state index in [0.717, 1.165) is 128 Å². The van der Waals surface area contributed by atoms with Crippen LogP contribution in [0.25, 0.3) is 16.7 Å². The van der Waals surface area contributed by atoms with E-state index in [9.17, 15) is 75.8 Å². The first-order chi connectivity index (χ1) is 72.6. The predicted octanol–water partition coefficient (Wildman–Crippen LogP) is 23.5. The minimum Gasteiger partial charge on any atom is -0.481 e. The third kappa shape index (κ3) is 26.0. The molecule has 19 rings (SSSR count). The molecule has 0 bridgehead atoms. The molecule has 28 heteroatoms. The first-order valence-electron chi connectivity index (χ1n) is 50.6. The second-order valence-electron chi connectivity index (χ2n) is 38.4. The van der Waals surface area contributed by atoms with Crippen molar-refractivity contribution in [3.63, 3.8) is 0 Å². The highest BCUT2D eigenvalue weighted by Crippen LogP contribution is 2.51. The number of carboxylic acids is 1. The van der Waals surface area contributed by atoms with E-state index in [1.54, 1.807) is 36.5 Å². The summed E-state index contributed by atoms with van der Waals surface area (Å²) >= 11 is 0. The first-order valence-corrected chi connectivity index (χ1v) is 49.6. The van der Waals surface area contributed by atoms with Crippen LogP contribution in [-0.2, 0) is 90.5 Å². The fourth-order valence-corrected chi connectivity index (χ4v) is 21.6. The summed E-state index contributed by atoms with van der Waals surface area (Å²) < 4.78 is 91.7. The Hall–Kier alpha value is -15.3. The molecule has 7 N–H and O–H groups in total. The number of pyridine rings is 5. The number of esters is 3. The van der Waals surface area contributed by atoms with Crippen molar-refractivity contribution in [2.45, 2.75) is 211 Å². The Morgan fingerprint density at radius 2 is 0.554 bits per heavy atom. The Morgan fingerprint density at radius 1 is 0.311 bits per heavy atom. The minimum absolute atomic E-state index is 0. The van der Waals surface area contributed by atoms with Crippen molar-refractivity contribution in [1.29, 1.82) is 0 Å². The molecule has 5 heterocycles. The van der Waals surface area contributed by atoms with Gasteiger partial charge in [0.25, 0.3) is 17.7 Å². The molecule has 0 radical (unpaired) electrons. The second kappa shape index (κ2) is 51.7. The maximum Gasteiger partial charge on any atom is 0.316 e. The summed E-state index contributed by atoms with van der Waals surface area (Å²) in [5.74, 6) is -3.74. The number of rotatable bonds is 19. The molecular formula is C120H127F5N8O15. The minimum atomic E-state index is -0.897. The highest BCUT2D eigenvalue weighted by Gasteiger charge is 2.50. The molecule has 3 saturated carbocycles. The number of Topliss-reactive ketones (excluding diaryl/α,β-unsaturated/α-hetero) is 1. The number of carboxylic acid groups (broad SMARTS) is 1. The number of aliphatic carboxylic acids is 1. The number of carbonyl (C=O) groups excluding carboxylic acids is 7. The van der Waals surface area contributed by atoms with Crippen LogP contribution in [0.15, 0.2) is 335 Å². The Morgan fingerprint density at radius 3 is 0.824 bits per heavy atom. The smallest absolute Gasteiger partial charge is 0.316 e. The zero-order valence-corrected chi connectivity index (χ0v) is 83.2. The number of nitrogens with one attached hydrogen (secondary N) is 3. The number of nitrogens with zero attached hydrogens (tertiary/aromatic N) is 5. The molecule has 4 atom stereocenters. The van der Waals surface area contributed by atoms with Crippen molar-refractivity contribution in [2.24, 2.45) is 0 Å². The summed E-state index contributed by atoms with van der Waals surface area (Å²) in [5, 5.41) is 37.2. The molecule has 3 amide bonds. The molecule has 4 unspecified atom stereocenters. The van der Waals surface area contributed by atoms with Crippen molar-refractivity contribution in [1.82, 2.24) is 41.4 Å². The number of ether oxygens (including phenoxy) is 3. The van der Waals surface area contributed by atoms with Crippen LogP contribution in [0, 0.1) is 29.1 Å². The maximum absolute atomic E-state index is 13.4. The van der Waals surface area contributed by atoms with E-state index in [1.807, 2.05) is 242 Å². The van der Waals surface area contributed by atoms with Crippen LogP contribution in [0.4, 0.5) is 22.0 Å². The van der Waals surface area contributed by atoms with Gasteiger partial charge in [-0.2, -0.15) is 0 Å². The molecule has 0 spiro atoms. The summed E-state index contributed by atoms with van der Waals surface area (Å²) in [5.41, 5.74) is 15.3. The molecule has 148 heavy (non-hydrogen) atoms. The molecule has 772 valence electrons. The van der Waals surface area contributed by atoms with Crippen molar-refractivity contribution < 1.29 is 99.6 Å². The molecule has 0 saturated heterocycles. The van der Waals surface area contributed by atoms with E-state index < -0.39 is 49.8 Å². The molecule has 5 aromatic heterocycles. The summed E-state index contributed by atoms with van der Waals surface area (Å²) in [4.78, 5) is 116. The number of hydrogen-bond donors (Lipinski definition) is 7. The summed E-state index contributed by atoms with van der Waals surface area (Å²) in [7, 11) is 4.30. The predicted molar refractivity (Wildman–Crippen MR) is 554 cm³/mol. The maximum atomic E-state index is 13.4. The third-order valence-electron chi connectivity index (χ3n) is 30.3. The van der Waals surface area contributed by atoms with Crippen molar-refractivity contribution in [3.8, 4) is 0 Å². The normalized spacial score (nSPS) is 22.1. The van der Waals surface area contributed by atoms with Gasteiger partial charge in [0, 0.05) is 48.2 Å². The van der Waals surface area contributed by atoms with E-state index in [-0.39, 0.29) is 77.9 Å². The number of hydroxylamine groups is 3. The van der Waals surface area contributed by atoms with Gasteiger partial charge in [-0.1, -0.05) is 242 Å². The van der Waals surface area contributed by atoms with Crippen LogP contribution in [0.5, 0.6) is 0 Å². The molecule has 12 aromatic rings. The largest absolute Gasteiger partial charge is 0.481 e. The van der Waals surface area contributed by atoms with E-state index in [0.29, 0.717) is 109 Å². The van der Waals surface area contributed by atoms with Crippen LogP contribution in [-0.4, -0.2) is 114 Å². The Kier molecular flexibility index (Phi) is 37.9. The number of halogens is 5. The lowest BCUT2D eigenvalue weighted by Crippen LogP contribution is -2.45. The third-order valence-corrected chi connectivity index (χ3v) is 30.3. The number of methoxy groups -OCH3 is 3. The van der Waals surface area contributed by atoms with Crippen molar-refractivity contribution in [2.75, 3.05) is 21.3 Å². The van der Waals surface area contributed by atoms with Crippen LogP contribution in [0.3, 0.4) is 0 Å². The van der Waals surface area contributed by atoms with Gasteiger partial charge in [-0.3, -0.25) is 78.9 Å². The number of ketones is 1. The van der Waals surface area contributed by atoms with Gasteiger partial charge in [-0.15, -0.1) is 0 Å². The molecule has 3 fully saturated rings. The van der Waals surface area contributed by atoms with E-state index in [1.165, 1.54) is 88.2 Å². The summed E-state index contributed by atoms with van der Waals surface area (Å²) in [6.07, 6.45) is 37.1. The van der Waals surface area contributed by atoms with Crippen LogP contribution < -0.4 is 16.4 Å². The standard InChI is InChI=1S/C19H18FNO2.2C18H19FN2O2.C18H17FN2O2.C18H16FNO2.C15H18O2.C14H16O3.2H2/c1-23-18(22)19(16-5-3-2-4-6-16)9-7-14(8-10-19)15-11-17(20)13-21-12-15;3*19-16-10-14(11-20-12-16)13-6-8-18(9-7-13,17(22)21-23)15-4-2-1-3-5-15;19-16-10-14(11-20-12-16)13-6-8-18(9-7-13,17(21)22)15-4-2-1-3-5-15;1-12-8-10-15(11-9-12,14(16)17-2)13-6-4-3-5-7-13;1-17-13(16)14(9-7-12(15)8-10-14)11-5-3-2-4-6-11;;/h2-7,11-13H,8-10H2,1H3;2*1-5,10-13,23H,6-9H2,(H,21,22);1-6,10-12,23H,7-9H2,(H,21,22);1-6,10-12H,7-9H2,(H,21,22);3-8H,9-11H2,1-2H3;2-6H,7-10H2,1H3;2*1H/i;;;;;;;1+1D;1+1. The van der Waals surface area contributed by atoms with Gasteiger partial charge in [-0.05, 0) is 274 Å². The Bertz CT molecular complexity index is 6420. The van der Waals surface area contributed by atoms with Crippen LogP contribution in [0.2, 0.25) is 0 Å². The number of carbonyl (C=O) groups is 8. The van der Waals surface area contributed by atoms with Gasteiger partial charge in [0.15, 0.2) is 0 Å². The highest BCUT2D eigenvalue weighted by atomic mass is 19.1. The number of hydrogen-bond acceptors (Lipinski definition) is 19. The van der Waals surface area contributed by atoms with Crippen molar-refractivity contribution >= 4 is 64.1 Å². The fourth-order valence-electron chi connectivity index (χ4n) is 21.6. The van der Waals surface area contributed by atoms with Gasteiger partial charge in [0.05, 0.1) is 90.2 Å². The quantitative estimate of drug-likeness (QED) is 0.00987. The average Bonchev–Trinajstić information content (AvgIpc) is 0.778. The number of amides is 3. The van der Waals surface area contributed by atoms with Gasteiger partial charge >= 0.3 is 23.9 Å². The number of allylic oxidation sites excluding steroid dienone is 8. The first kappa shape index (κ1) is 108. The molecule has 7 aliphatic carbocycles. The van der Waals surface area contributed by atoms with Gasteiger partial charge in [0.2, 0.25) is 0 Å².